The Labute approximate surface area is 123 Å². The van der Waals surface area contributed by atoms with Crippen LogP contribution in [0.25, 0.3) is 0 Å². The van der Waals surface area contributed by atoms with E-state index < -0.39 is 0 Å². The van der Waals surface area contributed by atoms with Crippen LogP contribution < -0.4 is 15.2 Å². The van der Waals surface area contributed by atoms with E-state index in [0.29, 0.717) is 19.8 Å². The molecule has 104 valence electrons. The molecule has 0 aliphatic heterocycles. The van der Waals surface area contributed by atoms with Crippen molar-refractivity contribution in [3.05, 3.63) is 46.2 Å². The van der Waals surface area contributed by atoms with Crippen molar-refractivity contribution in [1.29, 1.82) is 0 Å². The highest BCUT2D eigenvalue weighted by molar-refractivity contribution is 7.10. The maximum Gasteiger partial charge on any atom is 0.123 e. The predicted molar refractivity (Wildman–Crippen MR) is 82.2 cm³/mol. The second-order valence-electron chi connectivity index (χ2n) is 4.00. The Morgan fingerprint density at radius 1 is 1.20 bits per heavy atom. The molecule has 0 fully saturated rings. The molecular formula is C16H17NO2S. The fourth-order valence-electron chi connectivity index (χ4n) is 1.65. The summed E-state index contributed by atoms with van der Waals surface area (Å²) in [7, 11) is 0. The van der Waals surface area contributed by atoms with Crippen molar-refractivity contribution in [2.75, 3.05) is 13.2 Å². The largest absolute Gasteiger partial charge is 0.494 e. The number of rotatable bonds is 5. The van der Waals surface area contributed by atoms with E-state index in [4.69, 9.17) is 15.2 Å². The predicted octanol–water partition coefficient (Wildman–Crippen LogP) is 3.04. The summed E-state index contributed by atoms with van der Waals surface area (Å²) in [5.74, 6) is 7.48. The second-order valence-corrected chi connectivity index (χ2v) is 5.00. The third-order valence-electron chi connectivity index (χ3n) is 2.49. The average Bonchev–Trinajstić information content (AvgIpc) is 2.92. The molecule has 0 saturated heterocycles. The van der Waals surface area contributed by atoms with Crippen LogP contribution in [0.15, 0.2) is 35.7 Å². The van der Waals surface area contributed by atoms with Crippen LogP contribution in [-0.4, -0.2) is 13.2 Å². The topological polar surface area (TPSA) is 44.5 Å². The van der Waals surface area contributed by atoms with Gasteiger partial charge in [0.25, 0.3) is 0 Å². The molecule has 0 aliphatic carbocycles. The zero-order chi connectivity index (χ0) is 14.2. The standard InChI is InChI=1S/C16H17NO2S/c1-2-18-14-6-3-7-15(10-14)19-11-16-9-13(12-20-16)5-4-8-17/h3,6-7,9-10,12H,2,8,11,17H2,1H3. The van der Waals surface area contributed by atoms with Gasteiger partial charge in [-0.05, 0) is 25.1 Å². The van der Waals surface area contributed by atoms with Gasteiger partial charge in [0.05, 0.1) is 13.2 Å². The number of ether oxygens (including phenoxy) is 2. The maximum atomic E-state index is 5.75. The fourth-order valence-corrected chi connectivity index (χ4v) is 2.38. The number of hydrogen-bond donors (Lipinski definition) is 1. The second kappa shape index (κ2) is 7.59. The van der Waals surface area contributed by atoms with Crippen LogP contribution in [-0.2, 0) is 6.61 Å². The molecule has 4 heteroatoms. The van der Waals surface area contributed by atoms with Crippen molar-refractivity contribution in [2.24, 2.45) is 5.73 Å². The van der Waals surface area contributed by atoms with Crippen LogP contribution in [0.1, 0.15) is 17.4 Å². The van der Waals surface area contributed by atoms with Crippen LogP contribution in [0, 0.1) is 11.8 Å². The van der Waals surface area contributed by atoms with E-state index in [9.17, 15) is 0 Å². The Morgan fingerprint density at radius 2 is 2.00 bits per heavy atom. The quantitative estimate of drug-likeness (QED) is 0.860. The third kappa shape index (κ3) is 4.30. The molecule has 0 amide bonds. The van der Waals surface area contributed by atoms with Crippen molar-refractivity contribution in [2.45, 2.75) is 13.5 Å². The lowest BCUT2D eigenvalue weighted by atomic mass is 10.3. The first-order valence-electron chi connectivity index (χ1n) is 6.44. The van der Waals surface area contributed by atoms with Crippen LogP contribution in [0.2, 0.25) is 0 Å². The minimum Gasteiger partial charge on any atom is -0.494 e. The zero-order valence-electron chi connectivity index (χ0n) is 11.4. The number of thiophene rings is 1. The lowest BCUT2D eigenvalue weighted by Gasteiger charge is -2.07. The smallest absolute Gasteiger partial charge is 0.123 e. The van der Waals surface area contributed by atoms with Crippen LogP contribution in [0.4, 0.5) is 0 Å². The molecule has 1 aromatic heterocycles. The normalized spacial score (nSPS) is 9.70. The summed E-state index contributed by atoms with van der Waals surface area (Å²) in [4.78, 5) is 1.13. The van der Waals surface area contributed by atoms with E-state index >= 15 is 0 Å². The first kappa shape index (κ1) is 14.4. The van der Waals surface area contributed by atoms with Crippen molar-refractivity contribution in [3.63, 3.8) is 0 Å². The number of hydrogen-bond acceptors (Lipinski definition) is 4. The van der Waals surface area contributed by atoms with Gasteiger partial charge < -0.3 is 15.2 Å². The van der Waals surface area contributed by atoms with Gasteiger partial charge in [0.2, 0.25) is 0 Å². The number of benzene rings is 1. The molecular weight excluding hydrogens is 270 g/mol. The van der Waals surface area contributed by atoms with E-state index in [2.05, 4.69) is 11.8 Å². The zero-order valence-corrected chi connectivity index (χ0v) is 12.2. The van der Waals surface area contributed by atoms with E-state index in [0.717, 1.165) is 21.9 Å². The summed E-state index contributed by atoms with van der Waals surface area (Å²) in [5.41, 5.74) is 6.34. The maximum absolute atomic E-state index is 5.75. The van der Waals surface area contributed by atoms with Crippen LogP contribution in [0.3, 0.4) is 0 Å². The molecule has 0 unspecified atom stereocenters. The van der Waals surface area contributed by atoms with Crippen molar-refractivity contribution in [1.82, 2.24) is 0 Å². The van der Waals surface area contributed by atoms with E-state index in [-0.39, 0.29) is 0 Å². The van der Waals surface area contributed by atoms with Crippen LogP contribution >= 0.6 is 11.3 Å². The number of nitrogens with two attached hydrogens (primary N) is 1. The minimum atomic E-state index is 0.381. The molecule has 1 heterocycles. The van der Waals surface area contributed by atoms with Crippen molar-refractivity contribution < 1.29 is 9.47 Å². The van der Waals surface area contributed by atoms with Gasteiger partial charge in [-0.15, -0.1) is 11.3 Å². The van der Waals surface area contributed by atoms with Gasteiger partial charge in [0, 0.05) is 21.9 Å². The van der Waals surface area contributed by atoms with Gasteiger partial charge in [-0.1, -0.05) is 17.9 Å². The molecule has 0 atom stereocenters. The third-order valence-corrected chi connectivity index (χ3v) is 3.40. The highest BCUT2D eigenvalue weighted by atomic mass is 32.1. The van der Waals surface area contributed by atoms with Crippen LogP contribution in [0.5, 0.6) is 11.5 Å². The van der Waals surface area contributed by atoms with E-state index in [1.54, 1.807) is 11.3 Å². The summed E-state index contributed by atoms with van der Waals surface area (Å²) in [6.45, 7) is 3.52. The van der Waals surface area contributed by atoms with Crippen molar-refractivity contribution >= 4 is 11.3 Å². The van der Waals surface area contributed by atoms with Gasteiger partial charge >= 0.3 is 0 Å². The molecule has 0 saturated carbocycles. The molecule has 2 rings (SSSR count). The average molecular weight is 287 g/mol. The lowest BCUT2D eigenvalue weighted by molar-refractivity contribution is 0.302. The minimum absolute atomic E-state index is 0.381. The summed E-state index contributed by atoms with van der Waals surface area (Å²) in [6, 6.07) is 9.69. The first-order valence-corrected chi connectivity index (χ1v) is 7.31. The van der Waals surface area contributed by atoms with Gasteiger partial charge in [-0.3, -0.25) is 0 Å². The lowest BCUT2D eigenvalue weighted by Crippen LogP contribution is -1.95. The van der Waals surface area contributed by atoms with Gasteiger partial charge in [0.15, 0.2) is 0 Å². The first-order chi connectivity index (χ1) is 9.81. The summed E-state index contributed by atoms with van der Waals surface area (Å²) in [5, 5.41) is 2.01. The molecule has 1 aromatic carbocycles. The highest BCUT2D eigenvalue weighted by Crippen LogP contribution is 2.22. The van der Waals surface area contributed by atoms with Crippen molar-refractivity contribution in [3.8, 4) is 23.3 Å². The highest BCUT2D eigenvalue weighted by Gasteiger charge is 2.01. The summed E-state index contributed by atoms with van der Waals surface area (Å²) in [6.07, 6.45) is 0. The van der Waals surface area contributed by atoms with Gasteiger partial charge in [-0.2, -0.15) is 0 Å². The molecule has 20 heavy (non-hydrogen) atoms. The summed E-state index contributed by atoms with van der Waals surface area (Å²) < 4.78 is 11.2. The molecule has 3 nitrogen and oxygen atoms in total. The molecule has 0 aliphatic rings. The van der Waals surface area contributed by atoms with Gasteiger partial charge in [-0.25, -0.2) is 0 Å². The van der Waals surface area contributed by atoms with E-state index in [1.807, 2.05) is 42.6 Å². The Balaban J connectivity index is 1.94. The Hall–Kier alpha value is -1.96. The molecule has 2 N–H and O–H groups in total. The van der Waals surface area contributed by atoms with Gasteiger partial charge in [0.1, 0.15) is 18.1 Å². The Bertz CT molecular complexity index is 610. The SMILES string of the molecule is CCOc1cccc(OCc2cc(C#CCN)cs2)c1. The molecule has 0 radical (unpaired) electrons. The van der Waals surface area contributed by atoms with E-state index in [1.165, 1.54) is 0 Å². The molecule has 2 aromatic rings. The summed E-state index contributed by atoms with van der Waals surface area (Å²) >= 11 is 1.63. The molecule has 0 bridgehead atoms. The monoisotopic (exact) mass is 287 g/mol. The molecule has 0 spiro atoms. The Morgan fingerprint density at radius 3 is 2.75 bits per heavy atom. The fraction of sp³-hybridized carbons (Fsp3) is 0.250. The Kier molecular flexibility index (Phi) is 5.48.